The molecule has 3 N–H and O–H groups in total. The molecule has 0 radical (unpaired) electrons. The third kappa shape index (κ3) is 47.9. The van der Waals surface area contributed by atoms with Crippen LogP contribution in [-0.4, -0.2) is 47.4 Å². The van der Waals surface area contributed by atoms with Crippen LogP contribution >= 0.6 is 0 Å². The van der Waals surface area contributed by atoms with Gasteiger partial charge in [0.05, 0.1) is 25.4 Å². The van der Waals surface area contributed by atoms with Gasteiger partial charge in [-0.25, -0.2) is 0 Å². The fraction of sp³-hybridized carbons (Fsp3) is 0.927. The summed E-state index contributed by atoms with van der Waals surface area (Å²) in [4.78, 5) is 24.5. The zero-order valence-electron chi connectivity index (χ0n) is 41.2. The largest absolute Gasteiger partial charge is 0.466 e. The van der Waals surface area contributed by atoms with Crippen molar-refractivity contribution in [2.24, 2.45) is 0 Å². The van der Waals surface area contributed by atoms with E-state index in [2.05, 4.69) is 19.2 Å². The van der Waals surface area contributed by atoms with Crippen molar-refractivity contribution in [3.05, 3.63) is 12.2 Å². The predicted molar refractivity (Wildman–Crippen MR) is 264 cm³/mol. The second-order valence-electron chi connectivity index (χ2n) is 18.9. The molecule has 0 saturated carbocycles. The Kier molecular flexibility index (Phi) is 50.1. The maximum Gasteiger partial charge on any atom is 0.305 e. The standard InChI is InChI=1S/C55H107NO5/c1-3-5-7-9-11-13-15-17-19-21-22-24-26-28-33-37-41-45-49-55(60)61-50-46-42-38-34-30-29-32-36-40-44-48-54(59)56-52(51-57)53(58)47-43-39-35-31-27-25-23-20-18-16-14-12-10-8-6-4-2/h43,47,52-53,57-58H,3-42,44-46,48-51H2,1-2H3,(H,56,59)/b47-43+. The van der Waals surface area contributed by atoms with Crippen LogP contribution in [0.25, 0.3) is 0 Å². The van der Waals surface area contributed by atoms with Gasteiger partial charge >= 0.3 is 5.97 Å². The Morgan fingerprint density at radius 3 is 1.11 bits per heavy atom. The molecule has 362 valence electrons. The number of rotatable bonds is 51. The van der Waals surface area contributed by atoms with E-state index < -0.39 is 12.1 Å². The van der Waals surface area contributed by atoms with Crippen molar-refractivity contribution in [1.82, 2.24) is 5.32 Å². The van der Waals surface area contributed by atoms with Gasteiger partial charge in [-0.2, -0.15) is 0 Å². The number of ether oxygens (including phenoxy) is 1. The summed E-state index contributed by atoms with van der Waals surface area (Å²) in [6, 6.07) is -0.643. The summed E-state index contributed by atoms with van der Waals surface area (Å²) < 4.78 is 5.47. The number of hydrogen-bond acceptors (Lipinski definition) is 5. The number of carbonyl (C=O) groups excluding carboxylic acids is 2. The highest BCUT2D eigenvalue weighted by atomic mass is 16.5. The van der Waals surface area contributed by atoms with Crippen LogP contribution < -0.4 is 5.32 Å². The van der Waals surface area contributed by atoms with Gasteiger partial charge in [0, 0.05) is 12.8 Å². The van der Waals surface area contributed by atoms with E-state index in [-0.39, 0.29) is 18.5 Å². The Morgan fingerprint density at radius 1 is 0.443 bits per heavy atom. The first-order chi connectivity index (χ1) is 30.0. The number of carbonyl (C=O) groups is 2. The van der Waals surface area contributed by atoms with E-state index in [1.165, 1.54) is 218 Å². The van der Waals surface area contributed by atoms with Gasteiger partial charge in [-0.05, 0) is 32.1 Å². The van der Waals surface area contributed by atoms with Crippen LogP contribution in [0.1, 0.15) is 303 Å². The highest BCUT2D eigenvalue weighted by Gasteiger charge is 2.18. The molecule has 6 heteroatoms. The lowest BCUT2D eigenvalue weighted by Crippen LogP contribution is -2.45. The highest BCUT2D eigenvalue weighted by Crippen LogP contribution is 2.17. The minimum atomic E-state index is -0.858. The minimum absolute atomic E-state index is 0.0160. The molecule has 0 aliphatic carbocycles. The number of aliphatic hydroxyl groups excluding tert-OH is 2. The number of allylic oxidation sites excluding steroid dienone is 1. The van der Waals surface area contributed by atoms with E-state index in [0.29, 0.717) is 19.4 Å². The number of aliphatic hydroxyl groups is 2. The van der Waals surface area contributed by atoms with E-state index >= 15 is 0 Å². The molecule has 0 spiro atoms. The molecule has 0 saturated heterocycles. The minimum Gasteiger partial charge on any atom is -0.466 e. The molecule has 0 heterocycles. The second-order valence-corrected chi connectivity index (χ2v) is 18.9. The average molecular weight is 862 g/mol. The van der Waals surface area contributed by atoms with Crippen LogP contribution in [0.3, 0.4) is 0 Å². The summed E-state index contributed by atoms with van der Waals surface area (Å²) in [6.45, 7) is 4.87. The third-order valence-corrected chi connectivity index (χ3v) is 12.8. The molecule has 0 aromatic heterocycles. The zero-order valence-corrected chi connectivity index (χ0v) is 41.2. The predicted octanol–water partition coefficient (Wildman–Crippen LogP) is 16.5. The maximum absolute atomic E-state index is 12.4. The van der Waals surface area contributed by atoms with Gasteiger partial charge in [0.25, 0.3) is 0 Å². The SMILES string of the molecule is CCCCCCCCCCCCCCCC/C=C/C(O)C(CO)NC(=O)CCCCCCCCCCCCOC(=O)CCCCCCCCCCCCCCCCCCCC. The Hall–Kier alpha value is -1.40. The lowest BCUT2D eigenvalue weighted by Gasteiger charge is -2.20. The van der Waals surface area contributed by atoms with Gasteiger partial charge in [0.1, 0.15) is 0 Å². The van der Waals surface area contributed by atoms with Crippen LogP contribution in [-0.2, 0) is 14.3 Å². The molecule has 61 heavy (non-hydrogen) atoms. The molecule has 0 fully saturated rings. The molecule has 0 bridgehead atoms. The Balaban J connectivity index is 3.47. The monoisotopic (exact) mass is 862 g/mol. The number of hydrogen-bond donors (Lipinski definition) is 3. The van der Waals surface area contributed by atoms with Crippen LogP contribution in [0.15, 0.2) is 12.2 Å². The molecule has 2 unspecified atom stereocenters. The van der Waals surface area contributed by atoms with Crippen molar-refractivity contribution >= 4 is 11.9 Å². The summed E-state index contributed by atoms with van der Waals surface area (Å²) >= 11 is 0. The summed E-state index contributed by atoms with van der Waals surface area (Å²) in [6.07, 6.45) is 59.3. The smallest absolute Gasteiger partial charge is 0.305 e. The zero-order chi connectivity index (χ0) is 44.4. The van der Waals surface area contributed by atoms with Gasteiger partial charge in [-0.15, -0.1) is 0 Å². The average Bonchev–Trinajstić information content (AvgIpc) is 3.26. The van der Waals surface area contributed by atoms with E-state index in [1.807, 2.05) is 6.08 Å². The lowest BCUT2D eigenvalue weighted by molar-refractivity contribution is -0.143. The quantitative estimate of drug-likeness (QED) is 0.0322. The fourth-order valence-corrected chi connectivity index (χ4v) is 8.58. The summed E-state index contributed by atoms with van der Waals surface area (Å²) in [7, 11) is 0. The first kappa shape index (κ1) is 59.6. The van der Waals surface area contributed by atoms with Crippen LogP contribution in [0.2, 0.25) is 0 Å². The Bertz CT molecular complexity index is 909. The topological polar surface area (TPSA) is 95.9 Å². The molecule has 0 aliphatic rings. The summed E-state index contributed by atoms with van der Waals surface area (Å²) in [5, 5.41) is 23.1. The van der Waals surface area contributed by atoms with Crippen molar-refractivity contribution in [2.75, 3.05) is 13.2 Å². The van der Waals surface area contributed by atoms with Gasteiger partial charge in [0.15, 0.2) is 0 Å². The molecule has 0 aromatic rings. The lowest BCUT2D eigenvalue weighted by atomic mass is 10.0. The third-order valence-electron chi connectivity index (χ3n) is 12.8. The van der Waals surface area contributed by atoms with E-state index in [4.69, 9.17) is 4.74 Å². The van der Waals surface area contributed by atoms with Gasteiger partial charge in [-0.3, -0.25) is 9.59 Å². The summed E-state index contributed by atoms with van der Waals surface area (Å²) in [5.74, 6) is -0.104. The van der Waals surface area contributed by atoms with E-state index in [0.717, 1.165) is 57.8 Å². The maximum atomic E-state index is 12.4. The first-order valence-corrected chi connectivity index (χ1v) is 27.5. The molecule has 6 nitrogen and oxygen atoms in total. The molecule has 0 aliphatic heterocycles. The second kappa shape index (κ2) is 51.2. The van der Waals surface area contributed by atoms with Crippen molar-refractivity contribution < 1.29 is 24.5 Å². The van der Waals surface area contributed by atoms with Crippen LogP contribution in [0.5, 0.6) is 0 Å². The first-order valence-electron chi connectivity index (χ1n) is 27.5. The van der Waals surface area contributed by atoms with Crippen molar-refractivity contribution in [3.8, 4) is 0 Å². The molecule has 0 aromatic carbocycles. The van der Waals surface area contributed by atoms with E-state index in [9.17, 15) is 19.8 Å². The number of esters is 1. The number of nitrogens with one attached hydrogen (secondary N) is 1. The van der Waals surface area contributed by atoms with Gasteiger partial charge in [0.2, 0.25) is 5.91 Å². The molecular formula is C55H107NO5. The normalized spacial score (nSPS) is 12.7. The van der Waals surface area contributed by atoms with Gasteiger partial charge in [-0.1, -0.05) is 270 Å². The Labute approximate surface area is 380 Å². The van der Waals surface area contributed by atoms with E-state index in [1.54, 1.807) is 6.08 Å². The van der Waals surface area contributed by atoms with Crippen LogP contribution in [0, 0.1) is 0 Å². The molecule has 0 rings (SSSR count). The molecule has 1 amide bonds. The molecular weight excluding hydrogens is 755 g/mol. The van der Waals surface area contributed by atoms with Gasteiger partial charge < -0.3 is 20.3 Å². The van der Waals surface area contributed by atoms with Crippen molar-refractivity contribution in [1.29, 1.82) is 0 Å². The molecule has 2 atom stereocenters. The highest BCUT2D eigenvalue weighted by molar-refractivity contribution is 5.76. The number of amides is 1. The fourth-order valence-electron chi connectivity index (χ4n) is 8.58. The Morgan fingerprint density at radius 2 is 0.754 bits per heavy atom. The van der Waals surface area contributed by atoms with Crippen LogP contribution in [0.4, 0.5) is 0 Å². The number of unbranched alkanes of at least 4 members (excludes halogenated alkanes) is 40. The summed E-state index contributed by atoms with van der Waals surface area (Å²) in [5.41, 5.74) is 0. The van der Waals surface area contributed by atoms with Crippen molar-refractivity contribution in [3.63, 3.8) is 0 Å². The van der Waals surface area contributed by atoms with Crippen molar-refractivity contribution in [2.45, 2.75) is 315 Å².